The average Bonchev–Trinajstić information content (AvgIpc) is 2.65. The van der Waals surface area contributed by atoms with Gasteiger partial charge in [0.15, 0.2) is 6.61 Å². The number of ether oxygens (including phenoxy) is 2. The number of amides is 1. The fourth-order valence-electron chi connectivity index (χ4n) is 2.23. The van der Waals surface area contributed by atoms with E-state index in [9.17, 15) is 9.59 Å². The summed E-state index contributed by atoms with van der Waals surface area (Å²) in [4.78, 5) is 23.5. The monoisotopic (exact) mass is 409 g/mol. The zero-order valence-electron chi connectivity index (χ0n) is 15.0. The number of nitrogens with one attached hydrogen (secondary N) is 1. The summed E-state index contributed by atoms with van der Waals surface area (Å²) in [6, 6.07) is 12.4. The van der Waals surface area contributed by atoms with Crippen LogP contribution in [0.5, 0.6) is 5.75 Å². The first-order valence-corrected chi connectivity index (χ1v) is 9.35. The van der Waals surface area contributed by atoms with Gasteiger partial charge in [0.25, 0.3) is 5.91 Å². The highest BCUT2D eigenvalue weighted by Gasteiger charge is 2.09. The summed E-state index contributed by atoms with van der Waals surface area (Å²) in [5.41, 5.74) is 1.85. The zero-order chi connectivity index (χ0) is 19.6. The molecule has 0 heterocycles. The van der Waals surface area contributed by atoms with Crippen molar-refractivity contribution in [2.45, 2.75) is 26.2 Å². The van der Waals surface area contributed by atoms with Crippen LogP contribution < -0.4 is 10.1 Å². The summed E-state index contributed by atoms with van der Waals surface area (Å²) in [5, 5.41) is 3.62. The van der Waals surface area contributed by atoms with Gasteiger partial charge < -0.3 is 14.8 Å². The van der Waals surface area contributed by atoms with Gasteiger partial charge >= 0.3 is 5.97 Å². The van der Waals surface area contributed by atoms with E-state index >= 15 is 0 Å². The molecule has 2 aromatic rings. The summed E-state index contributed by atoms with van der Waals surface area (Å²) in [6.45, 7) is 2.03. The summed E-state index contributed by atoms with van der Waals surface area (Å²) >= 11 is 11.8. The fraction of sp³-hybridized carbons (Fsp3) is 0.300. The van der Waals surface area contributed by atoms with Crippen LogP contribution in [0.15, 0.2) is 42.5 Å². The number of aryl methyl sites for hydroxylation is 1. The van der Waals surface area contributed by atoms with Gasteiger partial charge in [-0.25, -0.2) is 0 Å². The van der Waals surface area contributed by atoms with E-state index in [1.807, 2.05) is 24.3 Å². The van der Waals surface area contributed by atoms with E-state index in [-0.39, 0.29) is 18.9 Å². The number of hydrogen-bond acceptors (Lipinski definition) is 4. The molecule has 0 aliphatic rings. The normalized spacial score (nSPS) is 10.3. The topological polar surface area (TPSA) is 64.6 Å². The van der Waals surface area contributed by atoms with Gasteiger partial charge in [-0.3, -0.25) is 9.59 Å². The summed E-state index contributed by atoms with van der Waals surface area (Å²) < 4.78 is 10.5. The second kappa shape index (κ2) is 10.8. The van der Waals surface area contributed by atoms with Crippen molar-refractivity contribution >= 4 is 40.8 Å². The molecule has 144 valence electrons. The van der Waals surface area contributed by atoms with Gasteiger partial charge in [-0.1, -0.05) is 42.3 Å². The Kier molecular flexibility index (Phi) is 8.43. The van der Waals surface area contributed by atoms with E-state index in [4.69, 9.17) is 32.7 Å². The zero-order valence-corrected chi connectivity index (χ0v) is 16.5. The lowest BCUT2D eigenvalue weighted by Crippen LogP contribution is -2.21. The molecule has 1 N–H and O–H groups in total. The maximum Gasteiger partial charge on any atom is 0.306 e. The van der Waals surface area contributed by atoms with Gasteiger partial charge in [0.1, 0.15) is 5.75 Å². The van der Waals surface area contributed by atoms with Crippen molar-refractivity contribution in [2.24, 2.45) is 0 Å². The fourth-order valence-corrected chi connectivity index (χ4v) is 2.69. The summed E-state index contributed by atoms with van der Waals surface area (Å²) in [7, 11) is 0. The molecule has 2 aromatic carbocycles. The van der Waals surface area contributed by atoms with Gasteiger partial charge in [0.2, 0.25) is 0 Å². The van der Waals surface area contributed by atoms with Crippen molar-refractivity contribution in [1.29, 1.82) is 0 Å². The van der Waals surface area contributed by atoms with Crippen molar-refractivity contribution in [3.05, 3.63) is 58.1 Å². The Morgan fingerprint density at radius 3 is 2.48 bits per heavy atom. The number of carbonyl (C=O) groups is 2. The molecule has 0 aliphatic carbocycles. The number of esters is 1. The SMILES string of the molecule is CCc1ccc(NC(=O)COC(=O)CCCOc2ccc(Cl)cc2Cl)cc1. The molecule has 0 spiro atoms. The molecule has 0 aliphatic heterocycles. The number of anilines is 1. The first-order valence-electron chi connectivity index (χ1n) is 8.60. The van der Waals surface area contributed by atoms with E-state index in [1.165, 1.54) is 5.56 Å². The highest BCUT2D eigenvalue weighted by molar-refractivity contribution is 6.35. The molecule has 0 bridgehead atoms. The average molecular weight is 410 g/mol. The Morgan fingerprint density at radius 2 is 1.81 bits per heavy atom. The van der Waals surface area contributed by atoms with Crippen LogP contribution in [0.2, 0.25) is 10.0 Å². The number of hydrogen-bond donors (Lipinski definition) is 1. The molecule has 0 radical (unpaired) electrons. The lowest BCUT2D eigenvalue weighted by molar-refractivity contribution is -0.147. The van der Waals surface area contributed by atoms with Crippen LogP contribution in [-0.4, -0.2) is 25.1 Å². The van der Waals surface area contributed by atoms with Crippen molar-refractivity contribution in [2.75, 3.05) is 18.5 Å². The largest absolute Gasteiger partial charge is 0.492 e. The van der Waals surface area contributed by atoms with Gasteiger partial charge in [0, 0.05) is 17.1 Å². The van der Waals surface area contributed by atoms with Gasteiger partial charge in [-0.15, -0.1) is 0 Å². The molecule has 0 saturated carbocycles. The van der Waals surface area contributed by atoms with Crippen LogP contribution in [0.25, 0.3) is 0 Å². The van der Waals surface area contributed by atoms with E-state index in [0.29, 0.717) is 34.5 Å². The van der Waals surface area contributed by atoms with Crippen LogP contribution in [0.1, 0.15) is 25.3 Å². The Bertz CT molecular complexity index is 778. The Morgan fingerprint density at radius 1 is 1.07 bits per heavy atom. The van der Waals surface area contributed by atoms with Crippen molar-refractivity contribution < 1.29 is 19.1 Å². The molecule has 1 amide bonds. The Labute approximate surface area is 168 Å². The maximum atomic E-state index is 11.8. The molecule has 5 nitrogen and oxygen atoms in total. The predicted octanol–water partition coefficient (Wildman–Crippen LogP) is 4.90. The van der Waals surface area contributed by atoms with Crippen molar-refractivity contribution in [3.63, 3.8) is 0 Å². The number of carbonyl (C=O) groups excluding carboxylic acids is 2. The first kappa shape index (κ1) is 21.1. The van der Waals surface area contributed by atoms with E-state index in [2.05, 4.69) is 12.2 Å². The van der Waals surface area contributed by atoms with Crippen molar-refractivity contribution in [1.82, 2.24) is 0 Å². The molecule has 0 fully saturated rings. The lowest BCUT2D eigenvalue weighted by Gasteiger charge is -2.09. The molecule has 0 unspecified atom stereocenters. The van der Waals surface area contributed by atoms with Gasteiger partial charge in [0.05, 0.1) is 11.6 Å². The standard InChI is InChI=1S/C20H21Cl2NO4/c1-2-14-5-8-16(9-6-14)23-19(24)13-27-20(25)4-3-11-26-18-10-7-15(21)12-17(18)22/h5-10,12H,2-4,11,13H2,1H3,(H,23,24). The molecular formula is C20H21Cl2NO4. The lowest BCUT2D eigenvalue weighted by atomic mass is 10.1. The highest BCUT2D eigenvalue weighted by Crippen LogP contribution is 2.27. The molecule has 2 rings (SSSR count). The smallest absolute Gasteiger partial charge is 0.306 e. The minimum absolute atomic E-state index is 0.143. The van der Waals surface area contributed by atoms with Crippen LogP contribution in [-0.2, 0) is 20.7 Å². The minimum atomic E-state index is -0.461. The molecule has 7 heteroatoms. The maximum absolute atomic E-state index is 11.8. The predicted molar refractivity (Wildman–Crippen MR) is 107 cm³/mol. The molecular weight excluding hydrogens is 389 g/mol. The summed E-state index contributed by atoms with van der Waals surface area (Å²) in [6.07, 6.45) is 1.52. The Balaban J connectivity index is 1.63. The molecule has 27 heavy (non-hydrogen) atoms. The second-order valence-corrected chi connectivity index (χ2v) is 6.63. The van der Waals surface area contributed by atoms with Crippen LogP contribution in [0.4, 0.5) is 5.69 Å². The summed E-state index contributed by atoms with van der Waals surface area (Å²) in [5.74, 6) is -0.336. The van der Waals surface area contributed by atoms with E-state index < -0.39 is 5.97 Å². The van der Waals surface area contributed by atoms with Gasteiger partial charge in [-0.05, 0) is 48.7 Å². The van der Waals surface area contributed by atoms with Crippen LogP contribution in [0, 0.1) is 0 Å². The quantitative estimate of drug-likeness (QED) is 0.472. The third-order valence-electron chi connectivity index (χ3n) is 3.69. The molecule has 0 saturated heterocycles. The van der Waals surface area contributed by atoms with E-state index in [0.717, 1.165) is 6.42 Å². The third kappa shape index (κ3) is 7.49. The Hall–Kier alpha value is -2.24. The number of benzene rings is 2. The molecule has 0 aromatic heterocycles. The van der Waals surface area contributed by atoms with E-state index in [1.54, 1.807) is 18.2 Å². The van der Waals surface area contributed by atoms with Crippen molar-refractivity contribution in [3.8, 4) is 5.75 Å². The highest BCUT2D eigenvalue weighted by atomic mass is 35.5. The number of rotatable bonds is 9. The molecule has 0 atom stereocenters. The van der Waals surface area contributed by atoms with Crippen LogP contribution in [0.3, 0.4) is 0 Å². The van der Waals surface area contributed by atoms with Gasteiger partial charge in [-0.2, -0.15) is 0 Å². The minimum Gasteiger partial charge on any atom is -0.492 e. The first-order chi connectivity index (χ1) is 13.0. The third-order valence-corrected chi connectivity index (χ3v) is 4.22. The second-order valence-electron chi connectivity index (χ2n) is 5.79. The van der Waals surface area contributed by atoms with Crippen LogP contribution >= 0.6 is 23.2 Å². The number of halogens is 2.